The zero-order chi connectivity index (χ0) is 12.6. The van der Waals surface area contributed by atoms with E-state index in [1.54, 1.807) is 0 Å². The normalized spacial score (nSPS) is 17.6. The summed E-state index contributed by atoms with van der Waals surface area (Å²) in [5, 5.41) is 3.19. The average Bonchev–Trinajstić information content (AvgIpc) is 2.67. The number of likely N-dealkylation sites (N-methyl/N-ethyl adjacent to an activating group) is 1. The third-order valence-corrected chi connectivity index (χ3v) is 4.46. The van der Waals surface area contributed by atoms with Crippen molar-refractivity contribution in [2.75, 3.05) is 38.2 Å². The first-order valence-electron chi connectivity index (χ1n) is 6.91. The number of hydrogen-bond donors (Lipinski definition) is 1. The van der Waals surface area contributed by atoms with Crippen LogP contribution >= 0.6 is 11.8 Å². The molecule has 100 valence electrons. The third-order valence-electron chi connectivity index (χ3n) is 3.41. The smallest absolute Gasteiger partial charge is 0.0234 e. The molecule has 3 heteroatoms. The molecule has 0 amide bonds. The molecule has 2 nitrogen and oxygen atoms in total. The van der Waals surface area contributed by atoms with E-state index in [0.717, 1.165) is 19.5 Å². The molecule has 1 saturated heterocycles. The summed E-state index contributed by atoms with van der Waals surface area (Å²) in [6, 6.07) is 9.14. The Hall–Kier alpha value is -0.510. The Morgan fingerprint density at radius 2 is 1.89 bits per heavy atom. The summed E-state index contributed by atoms with van der Waals surface area (Å²) < 4.78 is 0. The second-order valence-electron chi connectivity index (χ2n) is 4.91. The van der Waals surface area contributed by atoms with E-state index in [1.165, 1.54) is 42.1 Å². The average molecular weight is 264 g/mol. The monoisotopic (exact) mass is 264 g/mol. The lowest BCUT2D eigenvalue weighted by Crippen LogP contribution is -2.25. The summed E-state index contributed by atoms with van der Waals surface area (Å²) in [6.45, 7) is 4.68. The Kier molecular flexibility index (Phi) is 6.05. The minimum atomic E-state index is 1.06. The van der Waals surface area contributed by atoms with Crippen LogP contribution in [0.2, 0.25) is 0 Å². The molecule has 0 bridgehead atoms. The summed E-state index contributed by atoms with van der Waals surface area (Å²) >= 11 is 2.09. The van der Waals surface area contributed by atoms with Crippen molar-refractivity contribution in [1.29, 1.82) is 0 Å². The van der Waals surface area contributed by atoms with Crippen LogP contribution in [0.15, 0.2) is 24.3 Å². The summed E-state index contributed by atoms with van der Waals surface area (Å²) in [4.78, 5) is 2.59. The highest BCUT2D eigenvalue weighted by Crippen LogP contribution is 2.13. The molecule has 1 aromatic rings. The van der Waals surface area contributed by atoms with E-state index < -0.39 is 0 Å². The van der Waals surface area contributed by atoms with Gasteiger partial charge in [-0.15, -0.1) is 0 Å². The van der Waals surface area contributed by atoms with E-state index >= 15 is 0 Å². The van der Waals surface area contributed by atoms with Crippen molar-refractivity contribution in [3.05, 3.63) is 35.4 Å². The van der Waals surface area contributed by atoms with Crippen molar-refractivity contribution < 1.29 is 0 Å². The number of rotatable bonds is 5. The highest BCUT2D eigenvalue weighted by atomic mass is 32.2. The highest BCUT2D eigenvalue weighted by molar-refractivity contribution is 7.99. The fourth-order valence-electron chi connectivity index (χ4n) is 2.29. The predicted molar refractivity (Wildman–Crippen MR) is 81.3 cm³/mol. The van der Waals surface area contributed by atoms with E-state index in [2.05, 4.69) is 46.2 Å². The molecule has 0 aliphatic carbocycles. The van der Waals surface area contributed by atoms with Gasteiger partial charge in [0, 0.05) is 18.8 Å². The molecule has 0 radical (unpaired) electrons. The van der Waals surface area contributed by atoms with Crippen molar-refractivity contribution in [3.8, 4) is 0 Å². The van der Waals surface area contributed by atoms with Gasteiger partial charge in [-0.25, -0.2) is 0 Å². The lowest BCUT2D eigenvalue weighted by Gasteiger charge is -2.19. The highest BCUT2D eigenvalue weighted by Gasteiger charge is 2.09. The fraction of sp³-hybridized carbons (Fsp3) is 0.600. The van der Waals surface area contributed by atoms with Crippen molar-refractivity contribution in [2.24, 2.45) is 0 Å². The third kappa shape index (κ3) is 4.63. The first kappa shape index (κ1) is 13.9. The summed E-state index contributed by atoms with van der Waals surface area (Å²) in [7, 11) is 2.01. The Bertz CT molecular complexity index is 329. The van der Waals surface area contributed by atoms with Crippen molar-refractivity contribution in [1.82, 2.24) is 10.2 Å². The zero-order valence-corrected chi connectivity index (χ0v) is 12.1. The van der Waals surface area contributed by atoms with Gasteiger partial charge in [-0.1, -0.05) is 24.3 Å². The largest absolute Gasteiger partial charge is 0.319 e. The summed E-state index contributed by atoms with van der Waals surface area (Å²) in [5.41, 5.74) is 2.88. The van der Waals surface area contributed by atoms with Crippen LogP contribution in [0, 0.1) is 0 Å². The minimum absolute atomic E-state index is 1.06. The molecule has 1 fully saturated rings. The van der Waals surface area contributed by atoms with Gasteiger partial charge in [0.15, 0.2) is 0 Å². The van der Waals surface area contributed by atoms with Crippen LogP contribution in [0.4, 0.5) is 0 Å². The molecular weight excluding hydrogens is 240 g/mol. The van der Waals surface area contributed by atoms with Crippen molar-refractivity contribution in [2.45, 2.75) is 19.4 Å². The standard InChI is InChI=1S/C15H24N2S/c1-16-8-7-14-3-5-15(6-4-14)13-17-9-2-11-18-12-10-17/h3-6,16H,2,7-13H2,1H3. The molecule has 2 rings (SSSR count). The Labute approximate surface area is 115 Å². The van der Waals surface area contributed by atoms with E-state index in [4.69, 9.17) is 0 Å². The topological polar surface area (TPSA) is 15.3 Å². The Morgan fingerprint density at radius 1 is 1.11 bits per heavy atom. The molecule has 0 atom stereocenters. The SMILES string of the molecule is CNCCc1ccc(CN2CCCSCC2)cc1. The van der Waals surface area contributed by atoms with Gasteiger partial charge in [0.25, 0.3) is 0 Å². The van der Waals surface area contributed by atoms with Crippen LogP contribution in [0.3, 0.4) is 0 Å². The molecule has 1 aromatic carbocycles. The van der Waals surface area contributed by atoms with E-state index in [1.807, 2.05) is 7.05 Å². The number of nitrogens with zero attached hydrogens (tertiary/aromatic N) is 1. The molecule has 1 N–H and O–H groups in total. The Morgan fingerprint density at radius 3 is 2.67 bits per heavy atom. The second-order valence-corrected chi connectivity index (χ2v) is 6.14. The molecule has 0 spiro atoms. The van der Waals surface area contributed by atoms with Crippen LogP contribution in [0.1, 0.15) is 17.5 Å². The maximum atomic E-state index is 3.19. The van der Waals surface area contributed by atoms with Gasteiger partial charge >= 0.3 is 0 Å². The first-order chi connectivity index (χ1) is 8.88. The number of benzene rings is 1. The summed E-state index contributed by atoms with van der Waals surface area (Å²) in [6.07, 6.45) is 2.46. The van der Waals surface area contributed by atoms with Gasteiger partial charge in [0.2, 0.25) is 0 Å². The van der Waals surface area contributed by atoms with E-state index in [0.29, 0.717) is 0 Å². The lowest BCUT2D eigenvalue weighted by atomic mass is 10.1. The van der Waals surface area contributed by atoms with Crippen LogP contribution in [-0.4, -0.2) is 43.1 Å². The van der Waals surface area contributed by atoms with Crippen LogP contribution in [0.5, 0.6) is 0 Å². The molecule has 1 aliphatic rings. The molecule has 1 heterocycles. The minimum Gasteiger partial charge on any atom is -0.319 e. The van der Waals surface area contributed by atoms with E-state index in [9.17, 15) is 0 Å². The number of thioether (sulfide) groups is 1. The quantitative estimate of drug-likeness (QED) is 0.879. The van der Waals surface area contributed by atoms with Crippen LogP contribution < -0.4 is 5.32 Å². The number of nitrogens with one attached hydrogen (secondary N) is 1. The molecule has 0 saturated carbocycles. The maximum absolute atomic E-state index is 3.19. The molecule has 1 aliphatic heterocycles. The van der Waals surface area contributed by atoms with Crippen LogP contribution in [-0.2, 0) is 13.0 Å². The van der Waals surface area contributed by atoms with Gasteiger partial charge in [-0.3, -0.25) is 4.90 Å². The summed E-state index contributed by atoms with van der Waals surface area (Å²) in [5.74, 6) is 2.62. The number of hydrogen-bond acceptors (Lipinski definition) is 3. The molecule has 0 aromatic heterocycles. The van der Waals surface area contributed by atoms with Crippen LogP contribution in [0.25, 0.3) is 0 Å². The predicted octanol–water partition coefficient (Wildman–Crippen LogP) is 2.39. The van der Waals surface area contributed by atoms with E-state index in [-0.39, 0.29) is 0 Å². The Balaban J connectivity index is 1.84. The fourth-order valence-corrected chi connectivity index (χ4v) is 3.22. The van der Waals surface area contributed by atoms with Crippen molar-refractivity contribution in [3.63, 3.8) is 0 Å². The van der Waals surface area contributed by atoms with Crippen molar-refractivity contribution >= 4 is 11.8 Å². The van der Waals surface area contributed by atoms with Gasteiger partial charge in [0.05, 0.1) is 0 Å². The lowest BCUT2D eigenvalue weighted by molar-refractivity contribution is 0.287. The van der Waals surface area contributed by atoms with Gasteiger partial charge in [-0.2, -0.15) is 11.8 Å². The van der Waals surface area contributed by atoms with Gasteiger partial charge in [0.1, 0.15) is 0 Å². The molecular formula is C15H24N2S. The second kappa shape index (κ2) is 7.82. The first-order valence-corrected chi connectivity index (χ1v) is 8.06. The maximum Gasteiger partial charge on any atom is 0.0234 e. The molecule has 0 unspecified atom stereocenters. The van der Waals surface area contributed by atoms with Gasteiger partial charge < -0.3 is 5.32 Å². The van der Waals surface area contributed by atoms with Gasteiger partial charge in [-0.05, 0) is 49.9 Å². The zero-order valence-electron chi connectivity index (χ0n) is 11.3. The molecule has 18 heavy (non-hydrogen) atoms.